The van der Waals surface area contributed by atoms with Crippen molar-refractivity contribution in [1.82, 2.24) is 14.8 Å². The Bertz CT molecular complexity index is 1040. The average Bonchev–Trinajstić information content (AvgIpc) is 3.18. The van der Waals surface area contributed by atoms with Gasteiger partial charge < -0.3 is 14.6 Å². The number of thioether (sulfide) groups is 1. The molecular formula is C22H24ClFN4O2S. The minimum Gasteiger partial charge on any atom is -0.481 e. The molecule has 9 heteroatoms. The molecule has 1 atom stereocenters. The van der Waals surface area contributed by atoms with Gasteiger partial charge in [-0.15, -0.1) is 10.2 Å². The summed E-state index contributed by atoms with van der Waals surface area (Å²) in [4.78, 5) is 12.3. The van der Waals surface area contributed by atoms with Crippen LogP contribution in [-0.2, 0) is 17.8 Å². The van der Waals surface area contributed by atoms with Gasteiger partial charge in [-0.3, -0.25) is 4.79 Å². The van der Waals surface area contributed by atoms with Crippen molar-refractivity contribution in [3.8, 4) is 5.75 Å². The average molecular weight is 463 g/mol. The molecular weight excluding hydrogens is 439 g/mol. The summed E-state index contributed by atoms with van der Waals surface area (Å²) >= 11 is 7.35. The SMILES string of the molecule is CCc1ccc(NC(=O)CSc2nnc(C(C)Oc3ccc(F)cc3Cl)n2CC)cc1. The third-order valence-electron chi connectivity index (χ3n) is 4.60. The summed E-state index contributed by atoms with van der Waals surface area (Å²) < 4.78 is 21.0. The number of benzene rings is 2. The number of carbonyl (C=O) groups excluding carboxylic acids is 1. The van der Waals surface area contributed by atoms with Crippen molar-refractivity contribution in [2.75, 3.05) is 11.1 Å². The van der Waals surface area contributed by atoms with Crippen molar-refractivity contribution in [1.29, 1.82) is 0 Å². The Labute approximate surface area is 190 Å². The standard InChI is InChI=1S/C22H24ClFN4O2S/c1-4-15-6-9-17(10-7-15)25-20(29)13-31-22-27-26-21(28(22)5-2)14(3)30-19-11-8-16(24)12-18(19)23/h6-12,14H,4-5,13H2,1-3H3,(H,25,29). The van der Waals surface area contributed by atoms with Crippen LogP contribution in [0.3, 0.4) is 0 Å². The summed E-state index contributed by atoms with van der Waals surface area (Å²) in [6.45, 7) is 6.47. The molecule has 0 saturated heterocycles. The first kappa shape index (κ1) is 23.1. The molecule has 6 nitrogen and oxygen atoms in total. The molecule has 0 aliphatic rings. The summed E-state index contributed by atoms with van der Waals surface area (Å²) in [5, 5.41) is 12.1. The Morgan fingerprint density at radius 2 is 1.97 bits per heavy atom. The number of halogens is 2. The van der Waals surface area contributed by atoms with E-state index in [0.717, 1.165) is 12.1 Å². The van der Waals surface area contributed by atoms with Crippen LogP contribution in [0.5, 0.6) is 5.75 Å². The number of hydrogen-bond donors (Lipinski definition) is 1. The summed E-state index contributed by atoms with van der Waals surface area (Å²) in [5.41, 5.74) is 1.98. The topological polar surface area (TPSA) is 69.0 Å². The van der Waals surface area contributed by atoms with Crippen LogP contribution in [0.2, 0.25) is 5.02 Å². The molecule has 1 N–H and O–H groups in total. The highest BCUT2D eigenvalue weighted by atomic mass is 35.5. The molecule has 3 rings (SSSR count). The van der Waals surface area contributed by atoms with E-state index in [-0.39, 0.29) is 16.7 Å². The number of anilines is 1. The van der Waals surface area contributed by atoms with Crippen molar-refractivity contribution < 1.29 is 13.9 Å². The summed E-state index contributed by atoms with van der Waals surface area (Å²) in [5.74, 6) is 0.612. The van der Waals surface area contributed by atoms with Crippen LogP contribution >= 0.6 is 23.4 Å². The van der Waals surface area contributed by atoms with Crippen LogP contribution < -0.4 is 10.1 Å². The second-order valence-electron chi connectivity index (χ2n) is 6.81. The van der Waals surface area contributed by atoms with Crippen molar-refractivity contribution in [3.63, 3.8) is 0 Å². The van der Waals surface area contributed by atoms with Gasteiger partial charge in [-0.05, 0) is 56.2 Å². The predicted octanol–water partition coefficient (Wildman–Crippen LogP) is 5.52. The zero-order chi connectivity index (χ0) is 22.4. The molecule has 0 aliphatic heterocycles. The number of aryl methyl sites for hydroxylation is 1. The quantitative estimate of drug-likeness (QED) is 0.424. The van der Waals surface area contributed by atoms with Gasteiger partial charge in [0.2, 0.25) is 5.91 Å². The van der Waals surface area contributed by atoms with E-state index < -0.39 is 11.9 Å². The lowest BCUT2D eigenvalue weighted by Crippen LogP contribution is -2.15. The molecule has 1 unspecified atom stereocenters. The molecule has 0 fully saturated rings. The van der Waals surface area contributed by atoms with Crippen molar-refractivity contribution >= 4 is 35.0 Å². The Kier molecular flexibility index (Phi) is 7.92. The first-order chi connectivity index (χ1) is 14.9. The van der Waals surface area contributed by atoms with Crippen molar-refractivity contribution in [2.24, 2.45) is 0 Å². The van der Waals surface area contributed by atoms with E-state index in [1.807, 2.05) is 42.7 Å². The van der Waals surface area contributed by atoms with E-state index in [0.29, 0.717) is 23.3 Å². The molecule has 0 saturated carbocycles. The minimum absolute atomic E-state index is 0.121. The van der Waals surface area contributed by atoms with E-state index in [1.54, 1.807) is 0 Å². The fraction of sp³-hybridized carbons (Fsp3) is 0.318. The molecule has 0 bridgehead atoms. The second kappa shape index (κ2) is 10.6. The fourth-order valence-corrected chi connectivity index (χ4v) is 3.99. The van der Waals surface area contributed by atoms with Crippen molar-refractivity contribution in [2.45, 2.75) is 45.0 Å². The van der Waals surface area contributed by atoms with Crippen LogP contribution in [0.4, 0.5) is 10.1 Å². The smallest absolute Gasteiger partial charge is 0.234 e. The molecule has 1 amide bonds. The number of nitrogens with zero attached hydrogens (tertiary/aromatic N) is 3. The summed E-state index contributed by atoms with van der Waals surface area (Å²) in [6, 6.07) is 11.8. The largest absolute Gasteiger partial charge is 0.481 e. The molecule has 1 aromatic heterocycles. The number of carbonyl (C=O) groups is 1. The van der Waals surface area contributed by atoms with Gasteiger partial charge in [0.25, 0.3) is 0 Å². The lowest BCUT2D eigenvalue weighted by molar-refractivity contribution is -0.113. The fourth-order valence-electron chi connectivity index (χ4n) is 2.97. The second-order valence-corrected chi connectivity index (χ2v) is 8.16. The third-order valence-corrected chi connectivity index (χ3v) is 5.86. The van der Waals surface area contributed by atoms with Gasteiger partial charge >= 0.3 is 0 Å². The zero-order valence-electron chi connectivity index (χ0n) is 17.6. The molecule has 31 heavy (non-hydrogen) atoms. The Balaban J connectivity index is 1.62. The minimum atomic E-state index is -0.462. The third kappa shape index (κ3) is 5.98. The van der Waals surface area contributed by atoms with Crippen LogP contribution in [0, 0.1) is 5.82 Å². The lowest BCUT2D eigenvalue weighted by Gasteiger charge is -2.16. The number of rotatable bonds is 9. The Morgan fingerprint density at radius 1 is 1.23 bits per heavy atom. The molecule has 0 aliphatic carbocycles. The van der Waals surface area contributed by atoms with Crippen molar-refractivity contribution in [3.05, 3.63) is 64.7 Å². The highest BCUT2D eigenvalue weighted by Gasteiger charge is 2.20. The molecule has 2 aromatic carbocycles. The van der Waals surface area contributed by atoms with Crippen LogP contribution in [-0.4, -0.2) is 26.4 Å². The van der Waals surface area contributed by atoms with E-state index >= 15 is 0 Å². The molecule has 0 spiro atoms. The summed E-state index contributed by atoms with van der Waals surface area (Å²) in [6.07, 6.45) is 0.491. The highest BCUT2D eigenvalue weighted by Crippen LogP contribution is 2.30. The number of ether oxygens (including phenoxy) is 1. The van der Waals surface area contributed by atoms with Gasteiger partial charge in [-0.1, -0.05) is 42.4 Å². The predicted molar refractivity (Wildman–Crippen MR) is 121 cm³/mol. The Hall–Kier alpha value is -2.58. The van der Waals surface area contributed by atoms with Gasteiger partial charge in [-0.25, -0.2) is 4.39 Å². The van der Waals surface area contributed by atoms with E-state index in [9.17, 15) is 9.18 Å². The monoisotopic (exact) mass is 462 g/mol. The van der Waals surface area contributed by atoms with Gasteiger partial charge in [-0.2, -0.15) is 0 Å². The normalized spacial score (nSPS) is 11.9. The first-order valence-electron chi connectivity index (χ1n) is 9.97. The number of hydrogen-bond acceptors (Lipinski definition) is 5. The van der Waals surface area contributed by atoms with Crippen LogP contribution in [0.25, 0.3) is 0 Å². The number of nitrogens with one attached hydrogen (secondary N) is 1. The van der Waals surface area contributed by atoms with E-state index in [2.05, 4.69) is 22.4 Å². The number of amides is 1. The van der Waals surface area contributed by atoms with Crippen LogP contribution in [0.1, 0.15) is 38.3 Å². The van der Waals surface area contributed by atoms with Gasteiger partial charge in [0.05, 0.1) is 10.8 Å². The van der Waals surface area contributed by atoms with E-state index in [1.165, 1.54) is 35.5 Å². The van der Waals surface area contributed by atoms with Gasteiger partial charge in [0.15, 0.2) is 17.1 Å². The maximum absolute atomic E-state index is 13.2. The highest BCUT2D eigenvalue weighted by molar-refractivity contribution is 7.99. The molecule has 164 valence electrons. The molecule has 1 heterocycles. The summed E-state index contributed by atoms with van der Waals surface area (Å²) in [7, 11) is 0. The molecule has 0 radical (unpaired) electrons. The Morgan fingerprint density at radius 3 is 2.61 bits per heavy atom. The first-order valence-corrected chi connectivity index (χ1v) is 11.3. The van der Waals surface area contributed by atoms with Gasteiger partial charge in [0, 0.05) is 12.2 Å². The maximum Gasteiger partial charge on any atom is 0.234 e. The van der Waals surface area contributed by atoms with Gasteiger partial charge in [0.1, 0.15) is 11.6 Å². The van der Waals surface area contributed by atoms with Crippen LogP contribution in [0.15, 0.2) is 47.6 Å². The lowest BCUT2D eigenvalue weighted by atomic mass is 10.1. The van der Waals surface area contributed by atoms with E-state index in [4.69, 9.17) is 16.3 Å². The zero-order valence-corrected chi connectivity index (χ0v) is 19.1. The molecule has 3 aromatic rings. The maximum atomic E-state index is 13.2. The number of aromatic nitrogens is 3.